The first-order chi connectivity index (χ1) is 9.57. The zero-order valence-electron chi connectivity index (χ0n) is 11.3. The van der Waals surface area contributed by atoms with E-state index in [1.54, 1.807) is 11.3 Å². The minimum absolute atomic E-state index is 0.352. The van der Waals surface area contributed by atoms with Gasteiger partial charge in [0.2, 0.25) is 11.7 Å². The van der Waals surface area contributed by atoms with E-state index >= 15 is 0 Å². The van der Waals surface area contributed by atoms with Gasteiger partial charge < -0.3 is 10.3 Å². The molecule has 2 heterocycles. The minimum atomic E-state index is -0.352. The lowest BCUT2D eigenvalue weighted by Gasteiger charge is -2.20. The molecular weight excluding hydrogens is 270 g/mol. The highest BCUT2D eigenvalue weighted by molar-refractivity contribution is 7.08. The first kappa shape index (κ1) is 12.9. The lowest BCUT2D eigenvalue weighted by molar-refractivity contribution is 0.333. The Morgan fingerprint density at radius 3 is 2.55 bits per heavy atom. The van der Waals surface area contributed by atoms with Gasteiger partial charge in [0, 0.05) is 16.6 Å². The molecule has 0 spiro atoms. The number of rotatable bonds is 3. The molecule has 1 aromatic carbocycles. The average Bonchev–Trinajstić information content (AvgIpc) is 3.10. The van der Waals surface area contributed by atoms with E-state index in [9.17, 15) is 0 Å². The number of nitrogen functional groups attached to an aromatic ring is 1. The van der Waals surface area contributed by atoms with Crippen molar-refractivity contribution in [2.24, 2.45) is 0 Å². The van der Waals surface area contributed by atoms with Crippen molar-refractivity contribution in [1.82, 2.24) is 10.1 Å². The number of hydrogen-bond acceptors (Lipinski definition) is 5. The third-order valence-electron chi connectivity index (χ3n) is 3.37. The molecule has 0 unspecified atom stereocenters. The van der Waals surface area contributed by atoms with E-state index in [2.05, 4.69) is 24.0 Å². The number of hydrogen-bond donors (Lipinski definition) is 1. The Balaban J connectivity index is 1.97. The summed E-state index contributed by atoms with van der Waals surface area (Å²) >= 11 is 1.61. The van der Waals surface area contributed by atoms with Crippen LogP contribution in [0, 0.1) is 0 Å². The SMILES string of the molecule is CC(C)(c1ccc(N)cc1)c1nc(-c2ccsc2)no1. The van der Waals surface area contributed by atoms with E-state index in [0.717, 1.165) is 16.8 Å². The molecule has 0 aliphatic carbocycles. The largest absolute Gasteiger partial charge is 0.399 e. The number of nitrogens with two attached hydrogens (primary N) is 1. The predicted octanol–water partition coefficient (Wildman–Crippen LogP) is 3.71. The molecule has 0 aliphatic rings. The highest BCUT2D eigenvalue weighted by Crippen LogP contribution is 2.32. The van der Waals surface area contributed by atoms with E-state index in [-0.39, 0.29) is 5.41 Å². The van der Waals surface area contributed by atoms with Gasteiger partial charge in [0.25, 0.3) is 0 Å². The lowest BCUT2D eigenvalue weighted by atomic mass is 9.84. The van der Waals surface area contributed by atoms with Gasteiger partial charge in [0.15, 0.2) is 0 Å². The highest BCUT2D eigenvalue weighted by atomic mass is 32.1. The monoisotopic (exact) mass is 285 g/mol. The Bertz CT molecular complexity index is 699. The molecule has 4 nitrogen and oxygen atoms in total. The highest BCUT2D eigenvalue weighted by Gasteiger charge is 2.30. The van der Waals surface area contributed by atoms with E-state index in [1.165, 1.54) is 0 Å². The van der Waals surface area contributed by atoms with Crippen LogP contribution in [-0.4, -0.2) is 10.1 Å². The summed E-state index contributed by atoms with van der Waals surface area (Å²) in [4.78, 5) is 4.52. The van der Waals surface area contributed by atoms with Crippen LogP contribution < -0.4 is 5.73 Å². The van der Waals surface area contributed by atoms with Crippen LogP contribution in [0.2, 0.25) is 0 Å². The van der Waals surface area contributed by atoms with Crippen molar-refractivity contribution < 1.29 is 4.52 Å². The van der Waals surface area contributed by atoms with Gasteiger partial charge in [0.1, 0.15) is 0 Å². The minimum Gasteiger partial charge on any atom is -0.399 e. The van der Waals surface area contributed by atoms with E-state index < -0.39 is 0 Å². The molecule has 5 heteroatoms. The molecule has 0 atom stereocenters. The van der Waals surface area contributed by atoms with Crippen LogP contribution in [0.4, 0.5) is 5.69 Å². The Labute approximate surface area is 121 Å². The van der Waals surface area contributed by atoms with Crippen LogP contribution in [0.5, 0.6) is 0 Å². The van der Waals surface area contributed by atoms with Crippen LogP contribution >= 0.6 is 11.3 Å². The fraction of sp³-hybridized carbons (Fsp3) is 0.200. The third kappa shape index (κ3) is 2.20. The summed E-state index contributed by atoms with van der Waals surface area (Å²) in [6.07, 6.45) is 0. The van der Waals surface area contributed by atoms with Crippen molar-refractivity contribution >= 4 is 17.0 Å². The molecule has 0 amide bonds. The van der Waals surface area contributed by atoms with Crippen LogP contribution in [0.1, 0.15) is 25.3 Å². The van der Waals surface area contributed by atoms with Gasteiger partial charge in [-0.2, -0.15) is 16.3 Å². The van der Waals surface area contributed by atoms with Crippen molar-refractivity contribution in [3.8, 4) is 11.4 Å². The molecule has 0 fully saturated rings. The fourth-order valence-electron chi connectivity index (χ4n) is 2.01. The zero-order chi connectivity index (χ0) is 14.2. The Hall–Kier alpha value is -2.14. The molecule has 0 bridgehead atoms. The van der Waals surface area contributed by atoms with Crippen molar-refractivity contribution in [3.63, 3.8) is 0 Å². The number of anilines is 1. The van der Waals surface area contributed by atoms with E-state index in [1.807, 2.05) is 41.1 Å². The molecule has 20 heavy (non-hydrogen) atoms. The van der Waals surface area contributed by atoms with Gasteiger partial charge >= 0.3 is 0 Å². The van der Waals surface area contributed by atoms with Gasteiger partial charge in [-0.15, -0.1) is 0 Å². The quantitative estimate of drug-likeness (QED) is 0.745. The first-order valence-electron chi connectivity index (χ1n) is 6.30. The summed E-state index contributed by atoms with van der Waals surface area (Å²) in [7, 11) is 0. The van der Waals surface area contributed by atoms with Crippen LogP contribution in [0.3, 0.4) is 0 Å². The molecule has 3 rings (SSSR count). The summed E-state index contributed by atoms with van der Waals surface area (Å²) in [5.74, 6) is 1.23. The Morgan fingerprint density at radius 2 is 1.90 bits per heavy atom. The Morgan fingerprint density at radius 1 is 1.15 bits per heavy atom. The van der Waals surface area contributed by atoms with E-state index in [4.69, 9.17) is 10.3 Å². The molecule has 2 aromatic heterocycles. The second-order valence-electron chi connectivity index (χ2n) is 5.18. The normalized spacial score (nSPS) is 11.7. The number of thiophene rings is 1. The van der Waals surface area contributed by atoms with Crippen molar-refractivity contribution in [2.75, 3.05) is 5.73 Å². The second-order valence-corrected chi connectivity index (χ2v) is 5.96. The molecule has 0 radical (unpaired) electrons. The maximum Gasteiger partial charge on any atom is 0.237 e. The summed E-state index contributed by atoms with van der Waals surface area (Å²) in [5.41, 5.74) is 8.19. The average molecular weight is 285 g/mol. The van der Waals surface area contributed by atoms with Crippen molar-refractivity contribution in [1.29, 1.82) is 0 Å². The van der Waals surface area contributed by atoms with Gasteiger partial charge in [-0.25, -0.2) is 0 Å². The molecule has 2 N–H and O–H groups in total. The maximum atomic E-state index is 5.73. The van der Waals surface area contributed by atoms with Gasteiger partial charge in [-0.3, -0.25) is 0 Å². The zero-order valence-corrected chi connectivity index (χ0v) is 12.1. The standard InChI is InChI=1S/C15H15N3OS/c1-15(2,11-3-5-12(16)6-4-11)14-17-13(18-19-14)10-7-8-20-9-10/h3-9H,16H2,1-2H3. The summed E-state index contributed by atoms with van der Waals surface area (Å²) in [6, 6.07) is 9.73. The molecule has 0 saturated carbocycles. The van der Waals surface area contributed by atoms with Gasteiger partial charge in [-0.1, -0.05) is 17.3 Å². The predicted molar refractivity (Wildman–Crippen MR) is 80.6 cm³/mol. The van der Waals surface area contributed by atoms with E-state index in [0.29, 0.717) is 11.7 Å². The molecule has 3 aromatic rings. The number of aromatic nitrogens is 2. The summed E-state index contributed by atoms with van der Waals surface area (Å²) in [5, 5.41) is 8.07. The second kappa shape index (κ2) is 4.76. The molecule has 102 valence electrons. The topological polar surface area (TPSA) is 64.9 Å². The summed E-state index contributed by atoms with van der Waals surface area (Å²) < 4.78 is 5.45. The smallest absolute Gasteiger partial charge is 0.237 e. The third-order valence-corrected chi connectivity index (χ3v) is 4.06. The molecule has 0 aliphatic heterocycles. The van der Waals surface area contributed by atoms with Crippen molar-refractivity contribution in [2.45, 2.75) is 19.3 Å². The van der Waals surface area contributed by atoms with Crippen LogP contribution in [0.15, 0.2) is 45.6 Å². The summed E-state index contributed by atoms with van der Waals surface area (Å²) in [6.45, 7) is 4.12. The van der Waals surface area contributed by atoms with Gasteiger partial charge in [0.05, 0.1) is 5.41 Å². The molecule has 0 saturated heterocycles. The lowest BCUT2D eigenvalue weighted by Crippen LogP contribution is -2.19. The van der Waals surface area contributed by atoms with Crippen LogP contribution in [-0.2, 0) is 5.41 Å². The number of benzene rings is 1. The maximum absolute atomic E-state index is 5.73. The van der Waals surface area contributed by atoms with Crippen LogP contribution in [0.25, 0.3) is 11.4 Å². The van der Waals surface area contributed by atoms with Crippen molar-refractivity contribution in [3.05, 3.63) is 52.5 Å². The molecular formula is C15H15N3OS. The Kier molecular flexibility index (Phi) is 3.06. The number of nitrogens with zero attached hydrogens (tertiary/aromatic N) is 2. The first-order valence-corrected chi connectivity index (χ1v) is 7.24. The fourth-order valence-corrected chi connectivity index (χ4v) is 2.64. The van der Waals surface area contributed by atoms with Gasteiger partial charge in [-0.05, 0) is 43.0 Å².